The van der Waals surface area contributed by atoms with Crippen molar-refractivity contribution in [3.05, 3.63) is 16.1 Å². The van der Waals surface area contributed by atoms with E-state index in [0.717, 1.165) is 41.1 Å². The second-order valence-electron chi connectivity index (χ2n) is 7.63. The molecule has 0 aromatic carbocycles. The van der Waals surface area contributed by atoms with Crippen LogP contribution in [0, 0.1) is 3.57 Å². The van der Waals surface area contributed by atoms with Crippen molar-refractivity contribution < 1.29 is 9.53 Å². The van der Waals surface area contributed by atoms with Gasteiger partial charge in [-0.1, -0.05) is 0 Å². The first-order chi connectivity index (χ1) is 11.7. The summed E-state index contributed by atoms with van der Waals surface area (Å²) in [5.74, 6) is 0.821. The largest absolute Gasteiger partial charge is 0.443 e. The van der Waals surface area contributed by atoms with E-state index in [-0.39, 0.29) is 11.6 Å². The number of carbonyl (C=O) groups excluding carboxylic acids is 1. The molecule has 0 radical (unpaired) electrons. The van der Waals surface area contributed by atoms with Gasteiger partial charge in [0.15, 0.2) is 5.65 Å². The van der Waals surface area contributed by atoms with Crippen LogP contribution in [-0.2, 0) is 4.74 Å². The first kappa shape index (κ1) is 18.2. The molecule has 0 spiro atoms. The van der Waals surface area contributed by atoms with Gasteiger partial charge in [-0.2, -0.15) is 0 Å². The van der Waals surface area contributed by atoms with E-state index < -0.39 is 5.60 Å². The Hall–Kier alpha value is -1.65. The molecule has 1 saturated heterocycles. The molecule has 0 saturated carbocycles. The number of rotatable bonds is 2. The summed E-state index contributed by atoms with van der Waals surface area (Å²) >= 11 is 2.20. The Morgan fingerprint density at radius 2 is 2.04 bits per heavy atom. The van der Waals surface area contributed by atoms with Gasteiger partial charge in [0.2, 0.25) is 5.95 Å². The molecule has 136 valence electrons. The number of nitrogens with one attached hydrogen (secondary N) is 1. The molecule has 8 nitrogen and oxygen atoms in total. The summed E-state index contributed by atoms with van der Waals surface area (Å²) in [4.78, 5) is 18.8. The molecular formula is C16H23IN6O2. The van der Waals surface area contributed by atoms with Gasteiger partial charge < -0.3 is 15.0 Å². The molecule has 0 unspecified atom stereocenters. The number of carbonyl (C=O) groups is 1. The average Bonchev–Trinajstić information content (AvgIpc) is 2.97. The monoisotopic (exact) mass is 458 g/mol. The molecule has 0 bridgehead atoms. The van der Waals surface area contributed by atoms with Crippen molar-refractivity contribution >= 4 is 40.3 Å². The van der Waals surface area contributed by atoms with Gasteiger partial charge in [0.1, 0.15) is 11.9 Å². The van der Waals surface area contributed by atoms with Gasteiger partial charge in [-0.25, -0.2) is 9.78 Å². The quantitative estimate of drug-likeness (QED) is 0.697. The van der Waals surface area contributed by atoms with Crippen LogP contribution in [0.25, 0.3) is 5.65 Å². The predicted molar refractivity (Wildman–Crippen MR) is 103 cm³/mol. The van der Waals surface area contributed by atoms with Crippen LogP contribution >= 0.6 is 22.6 Å². The normalized spacial score (nSPS) is 17.6. The molecule has 3 rings (SSSR count). The number of aromatic nitrogens is 4. The first-order valence-corrected chi connectivity index (χ1v) is 9.35. The molecule has 0 atom stereocenters. The van der Waals surface area contributed by atoms with Crippen LogP contribution in [0.5, 0.6) is 0 Å². The molecule has 0 aliphatic carbocycles. The highest BCUT2D eigenvalue weighted by Crippen LogP contribution is 2.29. The lowest BCUT2D eigenvalue weighted by Crippen LogP contribution is -2.50. The third-order valence-corrected chi connectivity index (χ3v) is 4.95. The summed E-state index contributed by atoms with van der Waals surface area (Å²) in [5, 5.41) is 11.0. The van der Waals surface area contributed by atoms with E-state index in [9.17, 15) is 4.79 Å². The van der Waals surface area contributed by atoms with Crippen LogP contribution in [0.4, 0.5) is 10.7 Å². The van der Waals surface area contributed by atoms with Crippen molar-refractivity contribution in [1.82, 2.24) is 24.9 Å². The van der Waals surface area contributed by atoms with Crippen molar-refractivity contribution in [3.8, 4) is 0 Å². The third kappa shape index (κ3) is 4.13. The number of anilines is 1. The van der Waals surface area contributed by atoms with Crippen molar-refractivity contribution in [3.63, 3.8) is 0 Å². The zero-order valence-electron chi connectivity index (χ0n) is 14.9. The molecule has 2 aromatic rings. The van der Waals surface area contributed by atoms with Crippen molar-refractivity contribution in [1.29, 1.82) is 0 Å². The predicted octanol–water partition coefficient (Wildman–Crippen LogP) is 2.61. The SMILES string of the molecule is CC(C)(C)NC(=O)OC1(C)CCN(c2ncc(I)c3nncn23)CC1. The number of hydrogen-bond donors (Lipinski definition) is 1. The van der Waals surface area contributed by atoms with Gasteiger partial charge in [-0.15, -0.1) is 10.2 Å². The zero-order chi connectivity index (χ0) is 18.2. The van der Waals surface area contributed by atoms with Gasteiger partial charge in [-0.3, -0.25) is 4.40 Å². The second kappa shape index (κ2) is 6.58. The van der Waals surface area contributed by atoms with Crippen molar-refractivity contribution in [2.24, 2.45) is 0 Å². The average molecular weight is 458 g/mol. The van der Waals surface area contributed by atoms with Crippen molar-refractivity contribution in [2.45, 2.75) is 51.7 Å². The molecule has 1 aliphatic heterocycles. The van der Waals surface area contributed by atoms with Crippen LogP contribution in [0.2, 0.25) is 0 Å². The number of fused-ring (bicyclic) bond motifs is 1. The number of ether oxygens (including phenoxy) is 1. The Morgan fingerprint density at radius 1 is 1.36 bits per heavy atom. The van der Waals surface area contributed by atoms with Crippen molar-refractivity contribution in [2.75, 3.05) is 18.0 Å². The summed E-state index contributed by atoms with van der Waals surface area (Å²) in [5.41, 5.74) is 0.0282. The highest BCUT2D eigenvalue weighted by atomic mass is 127. The molecule has 1 amide bonds. The van der Waals surface area contributed by atoms with Crippen LogP contribution in [0.15, 0.2) is 12.5 Å². The number of amides is 1. The number of alkyl carbamates (subject to hydrolysis) is 1. The number of nitrogens with zero attached hydrogens (tertiary/aromatic N) is 5. The molecule has 25 heavy (non-hydrogen) atoms. The third-order valence-electron chi connectivity index (χ3n) is 4.19. The molecular weight excluding hydrogens is 435 g/mol. The Bertz CT molecular complexity index is 777. The minimum absolute atomic E-state index is 0.306. The lowest BCUT2D eigenvalue weighted by Gasteiger charge is -2.39. The van der Waals surface area contributed by atoms with Gasteiger partial charge >= 0.3 is 6.09 Å². The Kier molecular flexibility index (Phi) is 4.78. The Labute approximate surface area is 160 Å². The van der Waals surface area contributed by atoms with Gasteiger partial charge in [0.25, 0.3) is 0 Å². The fourth-order valence-electron chi connectivity index (χ4n) is 2.85. The minimum Gasteiger partial charge on any atom is -0.443 e. The minimum atomic E-state index is -0.471. The summed E-state index contributed by atoms with van der Waals surface area (Å²) in [6.45, 7) is 9.30. The van der Waals surface area contributed by atoms with E-state index in [1.807, 2.05) is 32.1 Å². The highest BCUT2D eigenvalue weighted by molar-refractivity contribution is 14.1. The second-order valence-corrected chi connectivity index (χ2v) is 8.79. The summed E-state index contributed by atoms with van der Waals surface area (Å²) in [7, 11) is 0. The molecule has 1 aliphatic rings. The Morgan fingerprint density at radius 3 is 2.68 bits per heavy atom. The molecule has 3 heterocycles. The lowest BCUT2D eigenvalue weighted by atomic mass is 9.93. The van der Waals surface area contributed by atoms with E-state index >= 15 is 0 Å². The summed E-state index contributed by atoms with van der Waals surface area (Å²) in [6.07, 6.45) is 4.60. The fraction of sp³-hybridized carbons (Fsp3) is 0.625. The summed E-state index contributed by atoms with van der Waals surface area (Å²) < 4.78 is 8.56. The van der Waals surface area contributed by atoms with Gasteiger partial charge in [0, 0.05) is 37.7 Å². The van der Waals surface area contributed by atoms with Crippen LogP contribution in [0.3, 0.4) is 0 Å². The van der Waals surface area contributed by atoms with E-state index in [2.05, 4.69) is 48.0 Å². The molecule has 1 N–H and O–H groups in total. The van der Waals surface area contributed by atoms with E-state index in [4.69, 9.17) is 4.74 Å². The van der Waals surface area contributed by atoms with Gasteiger partial charge in [0.05, 0.1) is 3.57 Å². The zero-order valence-corrected chi connectivity index (χ0v) is 17.1. The smallest absolute Gasteiger partial charge is 0.408 e. The Balaban J connectivity index is 1.68. The maximum absolute atomic E-state index is 12.1. The maximum Gasteiger partial charge on any atom is 0.408 e. The summed E-state index contributed by atoms with van der Waals surface area (Å²) in [6, 6.07) is 0. The number of hydrogen-bond acceptors (Lipinski definition) is 6. The van der Waals surface area contributed by atoms with Crippen LogP contribution < -0.4 is 10.2 Å². The van der Waals surface area contributed by atoms with E-state index in [1.54, 1.807) is 12.5 Å². The van der Waals surface area contributed by atoms with E-state index in [1.165, 1.54) is 0 Å². The molecule has 2 aromatic heterocycles. The molecule has 1 fully saturated rings. The van der Waals surface area contributed by atoms with E-state index in [0.29, 0.717) is 0 Å². The topological polar surface area (TPSA) is 84.6 Å². The van der Waals surface area contributed by atoms with Gasteiger partial charge in [-0.05, 0) is 50.3 Å². The number of halogens is 1. The standard InChI is InChI=1S/C16H23IN6O2/c1-15(2,3)20-14(24)25-16(4)5-7-22(8-6-16)13-18-9-11(17)12-21-19-10-23(12)13/h9-10H,5-8H2,1-4H3,(H,20,24). The first-order valence-electron chi connectivity index (χ1n) is 8.27. The maximum atomic E-state index is 12.1. The van der Waals surface area contributed by atoms with Crippen LogP contribution in [0.1, 0.15) is 40.5 Å². The highest BCUT2D eigenvalue weighted by Gasteiger charge is 2.35. The lowest BCUT2D eigenvalue weighted by molar-refractivity contribution is 0.00395. The van der Waals surface area contributed by atoms with Crippen LogP contribution in [-0.4, -0.2) is 49.9 Å². The fourth-order valence-corrected chi connectivity index (χ4v) is 3.36. The number of piperidine rings is 1. The molecule has 9 heteroatoms.